The lowest BCUT2D eigenvalue weighted by Gasteiger charge is -2.34. The van der Waals surface area contributed by atoms with Crippen molar-refractivity contribution in [1.82, 2.24) is 4.31 Å². The third-order valence-corrected chi connectivity index (χ3v) is 6.78. The van der Waals surface area contributed by atoms with Crippen LogP contribution in [0.15, 0.2) is 53.4 Å². The van der Waals surface area contributed by atoms with Gasteiger partial charge in [-0.05, 0) is 66.8 Å². The van der Waals surface area contributed by atoms with Gasteiger partial charge in [-0.25, -0.2) is 8.42 Å². The van der Waals surface area contributed by atoms with Crippen molar-refractivity contribution in [3.8, 4) is 5.75 Å². The zero-order valence-electron chi connectivity index (χ0n) is 16.4. The van der Waals surface area contributed by atoms with Gasteiger partial charge in [-0.3, -0.25) is 4.79 Å². The maximum absolute atomic E-state index is 12.9. The maximum atomic E-state index is 12.9. The second-order valence-corrected chi connectivity index (χ2v) is 9.41. The minimum Gasteiger partial charge on any atom is -0.497 e. The summed E-state index contributed by atoms with van der Waals surface area (Å²) in [7, 11) is -1.97. The Morgan fingerprint density at radius 3 is 2.11 bits per heavy atom. The highest BCUT2D eigenvalue weighted by Gasteiger charge is 2.31. The lowest BCUT2D eigenvalue weighted by atomic mass is 9.94. The fourth-order valence-corrected chi connectivity index (χ4v) is 5.29. The number of hydrogen-bond acceptors (Lipinski definition) is 4. The van der Waals surface area contributed by atoms with Gasteiger partial charge in [0.1, 0.15) is 5.75 Å². The Morgan fingerprint density at radius 1 is 1.00 bits per heavy atom. The second-order valence-electron chi connectivity index (χ2n) is 7.48. The van der Waals surface area contributed by atoms with Crippen LogP contribution in [0.25, 0.3) is 0 Å². The van der Waals surface area contributed by atoms with E-state index in [1.54, 1.807) is 47.8 Å². The fourth-order valence-electron chi connectivity index (χ4n) is 3.61. The molecule has 1 amide bonds. The summed E-state index contributed by atoms with van der Waals surface area (Å²) >= 11 is 0. The number of anilines is 1. The molecule has 7 heteroatoms. The van der Waals surface area contributed by atoms with Crippen LogP contribution in [0.5, 0.6) is 5.75 Å². The molecular weight excluding hydrogens is 376 g/mol. The molecule has 150 valence electrons. The Labute approximate surface area is 166 Å². The molecule has 1 saturated heterocycles. The normalized spacial score (nSPS) is 20.5. The number of hydrogen-bond donors (Lipinski definition) is 1. The van der Waals surface area contributed by atoms with Crippen molar-refractivity contribution in [2.75, 3.05) is 25.5 Å². The van der Waals surface area contributed by atoms with Gasteiger partial charge in [0.15, 0.2) is 0 Å². The molecule has 0 unspecified atom stereocenters. The van der Waals surface area contributed by atoms with Gasteiger partial charge in [0.25, 0.3) is 5.91 Å². The van der Waals surface area contributed by atoms with Crippen molar-refractivity contribution < 1.29 is 17.9 Å². The van der Waals surface area contributed by atoms with Crippen molar-refractivity contribution in [1.29, 1.82) is 0 Å². The summed E-state index contributed by atoms with van der Waals surface area (Å²) in [5.41, 5.74) is 1.04. The zero-order chi connectivity index (χ0) is 20.3. The molecule has 0 spiro atoms. The van der Waals surface area contributed by atoms with Crippen LogP contribution in [-0.4, -0.2) is 38.8 Å². The van der Waals surface area contributed by atoms with Crippen LogP contribution in [0, 0.1) is 11.8 Å². The first-order valence-electron chi connectivity index (χ1n) is 9.35. The van der Waals surface area contributed by atoms with Gasteiger partial charge >= 0.3 is 0 Å². The SMILES string of the molecule is COc1ccc(NC(=O)c2ccc(S(=O)(=O)N3C[C@H](C)C[C@@H](C)C3)cc2)cc1. The smallest absolute Gasteiger partial charge is 0.255 e. The number of sulfonamides is 1. The molecule has 1 fully saturated rings. The Bertz CT molecular complexity index is 914. The van der Waals surface area contributed by atoms with E-state index in [9.17, 15) is 13.2 Å². The van der Waals surface area contributed by atoms with Crippen LogP contribution in [0.2, 0.25) is 0 Å². The Balaban J connectivity index is 1.72. The standard InChI is InChI=1S/C21H26N2O4S/c1-15-12-16(2)14-23(13-15)28(25,26)20-10-4-17(5-11-20)21(24)22-18-6-8-19(27-3)9-7-18/h4-11,15-16H,12-14H2,1-3H3,(H,22,24)/t15-,16-/m1/s1. The Kier molecular flexibility index (Phi) is 6.05. The Hall–Kier alpha value is -2.38. The second kappa shape index (κ2) is 8.32. The number of ether oxygens (including phenoxy) is 1. The van der Waals surface area contributed by atoms with Gasteiger partial charge in [-0.15, -0.1) is 0 Å². The largest absolute Gasteiger partial charge is 0.497 e. The summed E-state index contributed by atoms with van der Waals surface area (Å²) in [4.78, 5) is 12.6. The first-order chi connectivity index (χ1) is 13.3. The third kappa shape index (κ3) is 4.54. The van der Waals surface area contributed by atoms with Crippen molar-refractivity contribution in [3.63, 3.8) is 0 Å². The fraction of sp³-hybridized carbons (Fsp3) is 0.381. The Morgan fingerprint density at radius 2 is 1.57 bits per heavy atom. The summed E-state index contributed by atoms with van der Waals surface area (Å²) in [6.45, 7) is 5.22. The van der Waals surface area contributed by atoms with Gasteiger partial charge in [0.05, 0.1) is 12.0 Å². The van der Waals surface area contributed by atoms with E-state index in [-0.39, 0.29) is 10.8 Å². The van der Waals surface area contributed by atoms with Gasteiger partial charge in [0, 0.05) is 24.3 Å². The summed E-state index contributed by atoms with van der Waals surface area (Å²) in [5, 5.41) is 2.79. The molecule has 2 atom stereocenters. The van der Waals surface area contributed by atoms with E-state index in [2.05, 4.69) is 19.2 Å². The number of rotatable bonds is 5. The van der Waals surface area contributed by atoms with Crippen LogP contribution >= 0.6 is 0 Å². The lowest BCUT2D eigenvalue weighted by molar-refractivity contribution is 0.102. The van der Waals surface area contributed by atoms with Gasteiger partial charge < -0.3 is 10.1 Å². The van der Waals surface area contributed by atoms with Crippen LogP contribution in [-0.2, 0) is 10.0 Å². The predicted octanol–water partition coefficient (Wildman–Crippen LogP) is 3.61. The molecule has 6 nitrogen and oxygen atoms in total. The van der Waals surface area contributed by atoms with Crippen molar-refractivity contribution in [2.24, 2.45) is 11.8 Å². The molecule has 0 aliphatic carbocycles. The molecule has 0 radical (unpaired) electrons. The maximum Gasteiger partial charge on any atom is 0.255 e. The molecule has 2 aromatic carbocycles. The van der Waals surface area contributed by atoms with Gasteiger partial charge in [-0.2, -0.15) is 4.31 Å². The molecule has 3 rings (SSSR count). The third-order valence-electron chi connectivity index (χ3n) is 4.94. The average molecular weight is 403 g/mol. The minimum atomic E-state index is -3.55. The predicted molar refractivity (Wildman–Crippen MR) is 109 cm³/mol. The topological polar surface area (TPSA) is 75.7 Å². The van der Waals surface area contributed by atoms with Crippen molar-refractivity contribution in [2.45, 2.75) is 25.2 Å². The average Bonchev–Trinajstić information content (AvgIpc) is 2.68. The molecule has 0 bridgehead atoms. The van der Waals surface area contributed by atoms with E-state index in [1.807, 2.05) is 0 Å². The molecule has 0 saturated carbocycles. The number of carbonyl (C=O) groups is 1. The quantitative estimate of drug-likeness (QED) is 0.829. The number of carbonyl (C=O) groups excluding carboxylic acids is 1. The van der Waals surface area contributed by atoms with Crippen LogP contribution in [0.1, 0.15) is 30.6 Å². The van der Waals surface area contributed by atoms with Crippen molar-refractivity contribution in [3.05, 3.63) is 54.1 Å². The van der Waals surface area contributed by atoms with E-state index < -0.39 is 10.0 Å². The number of amides is 1. The van der Waals surface area contributed by atoms with E-state index in [0.717, 1.165) is 6.42 Å². The van der Waals surface area contributed by atoms with E-state index >= 15 is 0 Å². The van der Waals surface area contributed by atoms with Crippen LogP contribution in [0.4, 0.5) is 5.69 Å². The number of benzene rings is 2. The summed E-state index contributed by atoms with van der Waals surface area (Å²) in [5.74, 6) is 1.09. The number of methoxy groups -OCH3 is 1. The summed E-state index contributed by atoms with van der Waals surface area (Å²) < 4.78 is 32.5. The number of piperidine rings is 1. The minimum absolute atomic E-state index is 0.217. The van der Waals surface area contributed by atoms with Gasteiger partial charge in [-0.1, -0.05) is 13.8 Å². The zero-order valence-corrected chi connectivity index (χ0v) is 17.2. The van der Waals surface area contributed by atoms with E-state index in [4.69, 9.17) is 4.74 Å². The molecule has 1 aliphatic heterocycles. The molecule has 2 aromatic rings. The monoisotopic (exact) mass is 402 g/mol. The summed E-state index contributed by atoms with van der Waals surface area (Å²) in [6.07, 6.45) is 1.04. The highest BCUT2D eigenvalue weighted by Crippen LogP contribution is 2.27. The lowest BCUT2D eigenvalue weighted by Crippen LogP contribution is -2.42. The highest BCUT2D eigenvalue weighted by atomic mass is 32.2. The highest BCUT2D eigenvalue weighted by molar-refractivity contribution is 7.89. The molecule has 28 heavy (non-hydrogen) atoms. The van der Waals surface area contributed by atoms with Crippen LogP contribution < -0.4 is 10.1 Å². The first kappa shape index (κ1) is 20.4. The van der Waals surface area contributed by atoms with Crippen molar-refractivity contribution >= 4 is 21.6 Å². The number of nitrogens with zero attached hydrogens (tertiary/aromatic N) is 1. The molecule has 0 aromatic heterocycles. The molecule has 1 aliphatic rings. The molecular formula is C21H26N2O4S. The van der Waals surface area contributed by atoms with Gasteiger partial charge in [0.2, 0.25) is 10.0 Å². The summed E-state index contributed by atoms with van der Waals surface area (Å²) in [6, 6.07) is 13.1. The van der Waals surface area contributed by atoms with E-state index in [0.29, 0.717) is 41.9 Å². The molecule has 1 heterocycles. The van der Waals surface area contributed by atoms with Crippen LogP contribution in [0.3, 0.4) is 0 Å². The molecule has 1 N–H and O–H groups in total. The first-order valence-corrected chi connectivity index (χ1v) is 10.8. The number of nitrogens with one attached hydrogen (secondary N) is 1. The van der Waals surface area contributed by atoms with E-state index in [1.165, 1.54) is 12.1 Å².